The van der Waals surface area contributed by atoms with Gasteiger partial charge in [-0.2, -0.15) is 0 Å². The van der Waals surface area contributed by atoms with E-state index >= 15 is 0 Å². The van der Waals surface area contributed by atoms with E-state index in [2.05, 4.69) is 0 Å². The first kappa shape index (κ1) is 15.9. The van der Waals surface area contributed by atoms with E-state index in [1.807, 2.05) is 0 Å². The predicted molar refractivity (Wildman–Crippen MR) is 32.4 cm³/mol. The Labute approximate surface area is 69.6 Å². The molecule has 0 amide bonds. The van der Waals surface area contributed by atoms with Gasteiger partial charge < -0.3 is 10.2 Å². The minimum atomic E-state index is -0.833. The number of hydrogen-bond donors (Lipinski definition) is 2. The van der Waals surface area contributed by atoms with E-state index in [1.165, 1.54) is 0 Å². The third-order valence-electron chi connectivity index (χ3n) is 0. The van der Waals surface area contributed by atoms with Crippen molar-refractivity contribution in [2.45, 2.75) is 13.8 Å². The summed E-state index contributed by atoms with van der Waals surface area (Å²) in [7, 11) is 0. The van der Waals surface area contributed by atoms with E-state index < -0.39 is 11.9 Å². The number of carbonyl (C=O) groups is 2. The van der Waals surface area contributed by atoms with Crippen LogP contribution in [0.1, 0.15) is 13.8 Å². The van der Waals surface area contributed by atoms with Crippen molar-refractivity contribution in [1.82, 2.24) is 0 Å². The molecule has 54 valence electrons. The smallest absolute Gasteiger partial charge is 0.300 e. The summed E-state index contributed by atoms with van der Waals surface area (Å²) in [5.41, 5.74) is 0. The monoisotopic (exact) mass is 250 g/mol. The van der Waals surface area contributed by atoms with Gasteiger partial charge in [0, 0.05) is 37.5 Å². The van der Waals surface area contributed by atoms with Gasteiger partial charge in [-0.15, -0.1) is 0 Å². The zero-order valence-electron chi connectivity index (χ0n) is 5.12. The summed E-state index contributed by atoms with van der Waals surface area (Å²) >= 11 is 0. The molecule has 0 atom stereocenters. The molecule has 2 N–H and O–H groups in total. The molecule has 0 heterocycles. The van der Waals surface area contributed by atoms with Crippen molar-refractivity contribution >= 4 is 35.6 Å². The zero-order valence-corrected chi connectivity index (χ0v) is 7.45. The fourth-order valence-electron chi connectivity index (χ4n) is 0. The van der Waals surface area contributed by atoms with Crippen LogP contribution < -0.4 is 0 Å². The van der Waals surface area contributed by atoms with E-state index in [4.69, 9.17) is 19.8 Å². The molecule has 4 nitrogen and oxygen atoms in total. The molecule has 0 aliphatic rings. The van der Waals surface area contributed by atoms with Gasteiger partial charge in [-0.05, 0) is 0 Å². The van der Waals surface area contributed by atoms with E-state index in [1.54, 1.807) is 0 Å². The fraction of sp³-hybridized carbons (Fsp3) is 0.500. The largest absolute Gasteiger partial charge is 0.481 e. The molecule has 0 saturated heterocycles. The number of aliphatic carboxylic acids is 2. The Kier molecular flexibility index (Phi) is 18.8. The van der Waals surface area contributed by atoms with Gasteiger partial charge in [0.15, 0.2) is 0 Å². The second kappa shape index (κ2) is 10.7. The van der Waals surface area contributed by atoms with Crippen LogP contribution in [0.3, 0.4) is 0 Å². The summed E-state index contributed by atoms with van der Waals surface area (Å²) in [4.78, 5) is 18.0. The number of rotatable bonds is 0. The number of carboxylic acids is 2. The fourth-order valence-corrected chi connectivity index (χ4v) is 0. The molecule has 0 fully saturated rings. The first-order valence-electron chi connectivity index (χ1n) is 1.86. The van der Waals surface area contributed by atoms with Gasteiger partial charge in [0.25, 0.3) is 11.9 Å². The molecule has 0 unspecified atom stereocenters. The van der Waals surface area contributed by atoms with Gasteiger partial charge in [-0.1, -0.05) is 0 Å². The molecule has 0 aromatic carbocycles. The average Bonchev–Trinajstić information content (AvgIpc) is 1.25. The average molecular weight is 248 g/mol. The molecule has 0 rings (SSSR count). The van der Waals surface area contributed by atoms with Crippen LogP contribution in [-0.2, 0) is 9.59 Å². The van der Waals surface area contributed by atoms with Crippen LogP contribution in [0.2, 0.25) is 0 Å². The third kappa shape index (κ3) is 3470. The predicted octanol–water partition coefficient (Wildman–Crippen LogP) is -0.199. The minimum absolute atomic E-state index is 0. The summed E-state index contributed by atoms with van der Waals surface area (Å²) in [5.74, 6) is -1.67. The van der Waals surface area contributed by atoms with Crippen LogP contribution in [-0.4, -0.2) is 45.8 Å². The molecule has 5 heteroatoms. The van der Waals surface area contributed by atoms with E-state index in [-0.39, 0.29) is 23.7 Å². The molecule has 0 bridgehead atoms. The van der Waals surface area contributed by atoms with Gasteiger partial charge in [-0.25, -0.2) is 0 Å². The molecule has 0 aliphatic carbocycles. The van der Waals surface area contributed by atoms with Gasteiger partial charge in [0.2, 0.25) is 0 Å². The van der Waals surface area contributed by atoms with E-state index in [0.717, 1.165) is 13.8 Å². The molecule has 0 aromatic rings. The quantitative estimate of drug-likeness (QED) is 0.582. The van der Waals surface area contributed by atoms with Crippen LogP contribution in [0, 0.1) is 0 Å². The minimum Gasteiger partial charge on any atom is -0.481 e. The summed E-state index contributed by atoms with van der Waals surface area (Å²) in [6.45, 7) is 2.17. The molecular weight excluding hydrogens is 240 g/mol. The Hall–Kier alpha value is -0.270. The number of hydrogen-bond acceptors (Lipinski definition) is 2. The Balaban J connectivity index is -0.0000000720. The van der Waals surface area contributed by atoms with Gasteiger partial charge in [0.05, 0.1) is 0 Å². The zero-order chi connectivity index (χ0) is 7.15. The van der Waals surface area contributed by atoms with Crippen LogP contribution in [0.5, 0.6) is 0 Å². The van der Waals surface area contributed by atoms with Crippen LogP contribution >= 0.6 is 0 Å². The normalized spacial score (nSPS) is 5.56. The first-order valence-corrected chi connectivity index (χ1v) is 1.86. The molecule has 2 radical (unpaired) electrons. The van der Waals surface area contributed by atoms with Crippen molar-refractivity contribution < 1.29 is 19.8 Å². The SMILES string of the molecule is CC(=O)O.CC(=O)O.[Te]. The van der Waals surface area contributed by atoms with Crippen molar-refractivity contribution in [3.8, 4) is 0 Å². The van der Waals surface area contributed by atoms with Crippen molar-refractivity contribution in [2.75, 3.05) is 0 Å². The van der Waals surface area contributed by atoms with Crippen LogP contribution in [0.25, 0.3) is 0 Å². The molecule has 0 aliphatic heterocycles. The topological polar surface area (TPSA) is 74.6 Å². The molecule has 9 heavy (non-hydrogen) atoms. The van der Waals surface area contributed by atoms with E-state index in [0.29, 0.717) is 0 Å². The summed E-state index contributed by atoms with van der Waals surface area (Å²) in [6, 6.07) is 0. The molecule has 0 spiro atoms. The molecular formula is C4H8O4Te. The summed E-state index contributed by atoms with van der Waals surface area (Å²) in [6.07, 6.45) is 0. The molecule has 0 saturated carbocycles. The first-order chi connectivity index (χ1) is 3.46. The molecule has 0 aromatic heterocycles. The third-order valence-corrected chi connectivity index (χ3v) is 0. The van der Waals surface area contributed by atoms with Gasteiger partial charge in [-0.3, -0.25) is 9.59 Å². The second-order valence-electron chi connectivity index (χ2n) is 1.04. The van der Waals surface area contributed by atoms with Gasteiger partial charge >= 0.3 is 0 Å². The van der Waals surface area contributed by atoms with Crippen LogP contribution in [0.15, 0.2) is 0 Å². The summed E-state index contributed by atoms with van der Waals surface area (Å²) < 4.78 is 0. The van der Waals surface area contributed by atoms with Crippen molar-refractivity contribution in [3.63, 3.8) is 0 Å². The number of carboxylic acid groups (broad SMARTS) is 2. The Morgan fingerprint density at radius 3 is 1.00 bits per heavy atom. The standard InChI is InChI=1S/2C2H4O2.Te/c2*1-2(3)4;/h2*1H3,(H,3,4);. The Morgan fingerprint density at radius 2 is 1.00 bits per heavy atom. The Morgan fingerprint density at radius 1 is 1.00 bits per heavy atom. The van der Waals surface area contributed by atoms with Crippen molar-refractivity contribution in [3.05, 3.63) is 0 Å². The maximum Gasteiger partial charge on any atom is 0.300 e. The van der Waals surface area contributed by atoms with Crippen molar-refractivity contribution in [1.29, 1.82) is 0 Å². The van der Waals surface area contributed by atoms with Crippen molar-refractivity contribution in [2.24, 2.45) is 0 Å². The van der Waals surface area contributed by atoms with Crippen LogP contribution in [0.4, 0.5) is 0 Å². The van der Waals surface area contributed by atoms with Gasteiger partial charge in [0.1, 0.15) is 0 Å². The van der Waals surface area contributed by atoms with E-state index in [9.17, 15) is 0 Å². The maximum atomic E-state index is 9.00. The maximum absolute atomic E-state index is 9.00. The Bertz CT molecular complexity index is 70.6. The second-order valence-corrected chi connectivity index (χ2v) is 1.04. The summed E-state index contributed by atoms with van der Waals surface area (Å²) in [5, 5.41) is 14.8.